The topological polar surface area (TPSA) is 4.93 Å². The van der Waals surface area contributed by atoms with Gasteiger partial charge in [0, 0.05) is 39.5 Å². The van der Waals surface area contributed by atoms with Crippen LogP contribution < -0.4 is 21.1 Å². The molecule has 1 aromatic heterocycles. The number of aromatic nitrogens is 1. The number of aryl methyl sites for hydroxylation is 6. The van der Waals surface area contributed by atoms with Gasteiger partial charge in [0.05, 0.1) is 0 Å². The highest BCUT2D eigenvalue weighted by molar-refractivity contribution is 5.99. The number of nitrogens with zero attached hydrogens (tertiary/aromatic N) is 1. The Kier molecular flexibility index (Phi) is 6.07. The average Bonchev–Trinajstić information content (AvgIpc) is 3.63. The van der Waals surface area contributed by atoms with Crippen molar-refractivity contribution >= 4 is 35.5 Å². The summed E-state index contributed by atoms with van der Waals surface area (Å²) in [5, 5.41) is 5.49. The molecule has 2 unspecified atom stereocenters. The molecule has 1 heteroatoms. The van der Waals surface area contributed by atoms with Crippen LogP contribution in [0, 0.1) is 41.5 Å². The van der Waals surface area contributed by atoms with Gasteiger partial charge in [-0.2, -0.15) is 0 Å². The largest absolute Gasteiger partial charge is 0.341 e. The predicted octanol–water partition coefficient (Wildman–Crippen LogP) is 7.71. The molecule has 4 aromatic carbocycles. The van der Waals surface area contributed by atoms with Gasteiger partial charge in [0.25, 0.3) is 0 Å². The van der Waals surface area contributed by atoms with Gasteiger partial charge in [0.15, 0.2) is 0 Å². The Morgan fingerprint density at radius 2 is 0.915 bits per heavy atom. The number of rotatable bonds is 3. The molecule has 0 fully saturated rings. The average molecular weight is 608 g/mol. The molecule has 1 nitrogen and oxygen atoms in total. The van der Waals surface area contributed by atoms with Crippen molar-refractivity contribution < 1.29 is 0 Å². The van der Waals surface area contributed by atoms with Gasteiger partial charge in [-0.25, -0.2) is 0 Å². The van der Waals surface area contributed by atoms with E-state index in [1.807, 2.05) is 0 Å². The third-order valence-electron chi connectivity index (χ3n) is 11.2. The lowest BCUT2D eigenvalue weighted by Gasteiger charge is -2.17. The fraction of sp³-hybridized carbons (Fsp3) is 0.217. The summed E-state index contributed by atoms with van der Waals surface area (Å²) in [6.07, 6.45) is 10.3. The molecule has 0 saturated heterocycles. The molecule has 0 radical (unpaired) electrons. The van der Waals surface area contributed by atoms with Crippen molar-refractivity contribution in [2.45, 2.75) is 66.8 Å². The zero-order chi connectivity index (χ0) is 32.3. The molecule has 0 amide bonds. The third kappa shape index (κ3) is 3.89. The fourth-order valence-corrected chi connectivity index (χ4v) is 9.67. The molecular weight excluding hydrogens is 567 g/mol. The normalized spacial score (nSPS) is 18.3. The third-order valence-corrected chi connectivity index (χ3v) is 11.2. The van der Waals surface area contributed by atoms with Crippen LogP contribution in [-0.4, -0.2) is 4.57 Å². The lowest BCUT2D eigenvalue weighted by Crippen LogP contribution is -2.41. The predicted molar refractivity (Wildman–Crippen MR) is 198 cm³/mol. The van der Waals surface area contributed by atoms with Crippen molar-refractivity contribution in [1.82, 2.24) is 4.57 Å². The van der Waals surface area contributed by atoms with Crippen LogP contribution in [0.2, 0.25) is 0 Å². The van der Waals surface area contributed by atoms with Gasteiger partial charge in [0.2, 0.25) is 0 Å². The number of fused-ring (bicyclic) bond motifs is 9. The molecule has 0 bridgehead atoms. The van der Waals surface area contributed by atoms with Gasteiger partial charge >= 0.3 is 0 Å². The first-order valence-corrected chi connectivity index (χ1v) is 17.2. The second kappa shape index (κ2) is 10.1. The highest BCUT2D eigenvalue weighted by Gasteiger charge is 2.35. The zero-order valence-electron chi connectivity index (χ0n) is 28.5. The van der Waals surface area contributed by atoms with Crippen LogP contribution in [0.15, 0.2) is 83.9 Å². The molecular formula is C46H41N. The summed E-state index contributed by atoms with van der Waals surface area (Å²) in [5.41, 5.74) is 22.2. The molecule has 5 aromatic rings. The summed E-state index contributed by atoms with van der Waals surface area (Å²) >= 11 is 0. The Hall–Kier alpha value is -4.88. The molecule has 0 aliphatic heterocycles. The maximum atomic E-state index is 2.59. The Labute approximate surface area is 277 Å². The van der Waals surface area contributed by atoms with Crippen LogP contribution >= 0.6 is 0 Å². The summed E-state index contributed by atoms with van der Waals surface area (Å²) in [4.78, 5) is 0. The van der Waals surface area contributed by atoms with Crippen molar-refractivity contribution in [2.75, 3.05) is 0 Å². The number of hydrogen-bond donors (Lipinski definition) is 0. The maximum Gasteiger partial charge on any atom is 0.0491 e. The van der Waals surface area contributed by atoms with E-state index in [1.165, 1.54) is 110 Å². The second-order valence-electron chi connectivity index (χ2n) is 14.3. The number of allylic oxidation sites excluding steroid dienone is 2. The van der Waals surface area contributed by atoms with E-state index >= 15 is 0 Å². The highest BCUT2D eigenvalue weighted by Crippen LogP contribution is 2.50. The minimum Gasteiger partial charge on any atom is -0.341 e. The van der Waals surface area contributed by atoms with Gasteiger partial charge in [-0.3, -0.25) is 0 Å². The summed E-state index contributed by atoms with van der Waals surface area (Å²) in [5.74, 6) is 0.500. The van der Waals surface area contributed by atoms with Crippen LogP contribution in [0.3, 0.4) is 0 Å². The lowest BCUT2D eigenvalue weighted by atomic mass is 9.86. The van der Waals surface area contributed by atoms with E-state index in [0.717, 1.165) is 6.54 Å². The minimum atomic E-state index is 0.250. The van der Waals surface area contributed by atoms with Gasteiger partial charge in [0.1, 0.15) is 0 Å². The first-order chi connectivity index (χ1) is 22.7. The van der Waals surface area contributed by atoms with E-state index in [9.17, 15) is 0 Å². The minimum absolute atomic E-state index is 0.250. The van der Waals surface area contributed by atoms with Crippen molar-refractivity contribution in [1.29, 1.82) is 0 Å². The Morgan fingerprint density at radius 3 is 1.30 bits per heavy atom. The van der Waals surface area contributed by atoms with E-state index in [-0.39, 0.29) is 11.8 Å². The van der Waals surface area contributed by atoms with E-state index in [1.54, 1.807) is 0 Å². The molecule has 9 rings (SSSR count). The summed E-state index contributed by atoms with van der Waals surface area (Å²) in [7, 11) is 0. The van der Waals surface area contributed by atoms with Crippen molar-refractivity contribution in [3.63, 3.8) is 0 Å². The molecule has 4 aliphatic rings. The monoisotopic (exact) mass is 607 g/mol. The Morgan fingerprint density at radius 1 is 0.532 bits per heavy atom. The van der Waals surface area contributed by atoms with Gasteiger partial charge in [-0.15, -0.1) is 0 Å². The first-order valence-electron chi connectivity index (χ1n) is 17.2. The summed E-state index contributed by atoms with van der Waals surface area (Å²) in [6.45, 7) is 16.8. The molecule has 0 N–H and O–H groups in total. The highest BCUT2D eigenvalue weighted by atomic mass is 15.0. The zero-order valence-corrected chi connectivity index (χ0v) is 28.5. The van der Waals surface area contributed by atoms with E-state index in [4.69, 9.17) is 0 Å². The van der Waals surface area contributed by atoms with Crippen LogP contribution in [-0.2, 0) is 6.54 Å². The summed E-state index contributed by atoms with van der Waals surface area (Å²) < 4.78 is 2.58. The lowest BCUT2D eigenvalue weighted by molar-refractivity contribution is 0.718. The van der Waals surface area contributed by atoms with Crippen molar-refractivity contribution in [3.8, 4) is 0 Å². The molecule has 230 valence electrons. The van der Waals surface area contributed by atoms with Crippen molar-refractivity contribution in [2.24, 2.45) is 0 Å². The SMILES string of the molecule is CCn1c2c(c3c1=CC1=C(c4c(C)cc(C)cc4C)c4ccccc4C1C=3)=CC1C(=C(c3c(C)cc(C)cc3C)c3ccccc31)C=2. The Balaban J connectivity index is 1.38. The number of hydrogen-bond acceptors (Lipinski definition) is 0. The fourth-order valence-electron chi connectivity index (χ4n) is 9.67. The maximum absolute atomic E-state index is 2.59. The first kappa shape index (κ1) is 28.4. The molecule has 4 aliphatic carbocycles. The second-order valence-corrected chi connectivity index (χ2v) is 14.3. The van der Waals surface area contributed by atoms with Crippen LogP contribution in [0.4, 0.5) is 0 Å². The van der Waals surface area contributed by atoms with E-state index < -0.39 is 0 Å². The standard InChI is InChI=1S/C46H41N/c1-8-47-41-23-39-35(31-13-9-11-15-33(31)45(39)43-27(4)17-25(2)18-28(43)5)21-37(41)38-22-36-32-14-10-12-16-34(32)46(40(36)24-42(38)47)44-29(6)19-26(3)20-30(44)7/h9-24,35-36H,8H2,1-7H3. The van der Waals surface area contributed by atoms with E-state index in [2.05, 4.69) is 150 Å². The molecule has 0 saturated carbocycles. The van der Waals surface area contributed by atoms with E-state index in [0.29, 0.717) is 0 Å². The molecule has 47 heavy (non-hydrogen) atoms. The van der Waals surface area contributed by atoms with Crippen LogP contribution in [0.25, 0.3) is 35.5 Å². The van der Waals surface area contributed by atoms with Crippen LogP contribution in [0.5, 0.6) is 0 Å². The molecule has 2 atom stereocenters. The van der Waals surface area contributed by atoms with Crippen molar-refractivity contribution in [3.05, 3.63) is 172 Å². The smallest absolute Gasteiger partial charge is 0.0491 e. The Bertz CT molecular complexity index is 2340. The molecule has 1 heterocycles. The summed E-state index contributed by atoms with van der Waals surface area (Å²) in [6, 6.07) is 27.6. The number of benzene rings is 4. The quantitative estimate of drug-likeness (QED) is 0.198. The van der Waals surface area contributed by atoms with Gasteiger partial charge < -0.3 is 4.57 Å². The van der Waals surface area contributed by atoms with Crippen LogP contribution in [0.1, 0.15) is 85.5 Å². The van der Waals surface area contributed by atoms with Gasteiger partial charge in [-0.1, -0.05) is 96.1 Å². The van der Waals surface area contributed by atoms with Gasteiger partial charge in [-0.05, 0) is 139 Å². The molecule has 0 spiro atoms.